The summed E-state index contributed by atoms with van der Waals surface area (Å²) < 4.78 is 13.7. The number of hydrogen-bond acceptors (Lipinski definition) is 2. The predicted molar refractivity (Wildman–Crippen MR) is 84.3 cm³/mol. The molecule has 0 bridgehead atoms. The Kier molecular flexibility index (Phi) is 7.17. The highest BCUT2D eigenvalue weighted by Crippen LogP contribution is 2.27. The predicted octanol–water partition coefficient (Wildman–Crippen LogP) is 3.67. The highest BCUT2D eigenvalue weighted by atomic mass is 19.1. The monoisotopic (exact) mass is 280 g/mol. The van der Waals surface area contributed by atoms with Gasteiger partial charge in [-0.25, -0.2) is 4.39 Å². The smallest absolute Gasteiger partial charge is 0.127 e. The SMILES string of the molecule is CCNCC(CC)(CC)CN(C)Cc1ccccc1F. The first-order valence-corrected chi connectivity index (χ1v) is 7.69. The van der Waals surface area contributed by atoms with Crippen LogP contribution < -0.4 is 5.32 Å². The van der Waals surface area contributed by atoms with Crippen molar-refractivity contribution >= 4 is 0 Å². The molecule has 0 aliphatic carbocycles. The highest BCUT2D eigenvalue weighted by molar-refractivity contribution is 5.17. The Balaban J connectivity index is 2.66. The van der Waals surface area contributed by atoms with Gasteiger partial charge in [0, 0.05) is 25.2 Å². The maximum atomic E-state index is 13.7. The molecule has 0 aliphatic heterocycles. The van der Waals surface area contributed by atoms with Crippen molar-refractivity contribution in [2.75, 3.05) is 26.7 Å². The Bertz CT molecular complexity index is 388. The van der Waals surface area contributed by atoms with Gasteiger partial charge in [0.15, 0.2) is 0 Å². The van der Waals surface area contributed by atoms with Gasteiger partial charge in [-0.2, -0.15) is 0 Å². The van der Waals surface area contributed by atoms with Crippen LogP contribution in [-0.4, -0.2) is 31.6 Å². The fourth-order valence-corrected chi connectivity index (χ4v) is 2.72. The lowest BCUT2D eigenvalue weighted by atomic mass is 9.81. The third-order valence-corrected chi connectivity index (χ3v) is 4.25. The second-order valence-corrected chi connectivity index (χ2v) is 5.75. The van der Waals surface area contributed by atoms with Crippen LogP contribution in [0.15, 0.2) is 24.3 Å². The molecule has 114 valence electrons. The third kappa shape index (κ3) is 4.88. The van der Waals surface area contributed by atoms with Crippen molar-refractivity contribution in [3.63, 3.8) is 0 Å². The van der Waals surface area contributed by atoms with Gasteiger partial charge < -0.3 is 10.2 Å². The van der Waals surface area contributed by atoms with E-state index in [1.807, 2.05) is 12.1 Å². The van der Waals surface area contributed by atoms with Crippen LogP contribution in [0.2, 0.25) is 0 Å². The molecule has 1 aromatic carbocycles. The molecule has 1 aromatic rings. The Morgan fingerprint density at radius 2 is 1.80 bits per heavy atom. The molecule has 0 saturated carbocycles. The van der Waals surface area contributed by atoms with E-state index in [0.717, 1.165) is 38.0 Å². The summed E-state index contributed by atoms with van der Waals surface area (Å²) in [5.74, 6) is -0.107. The lowest BCUT2D eigenvalue weighted by Gasteiger charge is -2.36. The lowest BCUT2D eigenvalue weighted by molar-refractivity contribution is 0.150. The van der Waals surface area contributed by atoms with Crippen molar-refractivity contribution in [1.29, 1.82) is 0 Å². The maximum Gasteiger partial charge on any atom is 0.127 e. The second-order valence-electron chi connectivity index (χ2n) is 5.75. The van der Waals surface area contributed by atoms with E-state index in [1.165, 1.54) is 6.07 Å². The van der Waals surface area contributed by atoms with Crippen molar-refractivity contribution in [2.45, 2.75) is 40.2 Å². The molecule has 0 amide bonds. The topological polar surface area (TPSA) is 15.3 Å². The number of halogens is 1. The summed E-state index contributed by atoms with van der Waals surface area (Å²) in [5.41, 5.74) is 1.05. The first kappa shape index (κ1) is 17.1. The standard InChI is InChI=1S/C17H29FN2/c1-5-17(6-2,13-19-7-3)14-20(4)12-15-10-8-9-11-16(15)18/h8-11,19H,5-7,12-14H2,1-4H3. The average Bonchev–Trinajstić information content (AvgIpc) is 2.46. The molecule has 0 fully saturated rings. The molecule has 1 rings (SSSR count). The van der Waals surface area contributed by atoms with E-state index < -0.39 is 0 Å². The van der Waals surface area contributed by atoms with Gasteiger partial charge >= 0.3 is 0 Å². The van der Waals surface area contributed by atoms with Crippen molar-refractivity contribution in [2.24, 2.45) is 5.41 Å². The fourth-order valence-electron chi connectivity index (χ4n) is 2.72. The summed E-state index contributed by atoms with van der Waals surface area (Å²) >= 11 is 0. The van der Waals surface area contributed by atoms with E-state index in [9.17, 15) is 4.39 Å². The van der Waals surface area contributed by atoms with E-state index in [1.54, 1.807) is 6.07 Å². The van der Waals surface area contributed by atoms with Gasteiger partial charge in [-0.15, -0.1) is 0 Å². The van der Waals surface area contributed by atoms with Gasteiger partial charge in [0.2, 0.25) is 0 Å². The van der Waals surface area contributed by atoms with E-state index in [-0.39, 0.29) is 11.2 Å². The summed E-state index contributed by atoms with van der Waals surface area (Å²) in [7, 11) is 2.08. The van der Waals surface area contributed by atoms with Crippen molar-refractivity contribution < 1.29 is 4.39 Å². The van der Waals surface area contributed by atoms with E-state index >= 15 is 0 Å². The molecule has 1 N–H and O–H groups in total. The zero-order valence-electron chi connectivity index (χ0n) is 13.4. The van der Waals surface area contributed by atoms with Crippen LogP contribution in [-0.2, 0) is 6.54 Å². The van der Waals surface area contributed by atoms with Crippen LogP contribution in [0, 0.1) is 11.2 Å². The zero-order valence-corrected chi connectivity index (χ0v) is 13.4. The van der Waals surface area contributed by atoms with Crippen LogP contribution in [0.4, 0.5) is 4.39 Å². The van der Waals surface area contributed by atoms with Crippen LogP contribution in [0.1, 0.15) is 39.2 Å². The van der Waals surface area contributed by atoms with Gasteiger partial charge in [0.1, 0.15) is 5.82 Å². The fraction of sp³-hybridized carbons (Fsp3) is 0.647. The van der Waals surface area contributed by atoms with Crippen LogP contribution in [0.3, 0.4) is 0 Å². The largest absolute Gasteiger partial charge is 0.316 e. The zero-order chi connectivity index (χ0) is 15.0. The minimum atomic E-state index is -0.107. The van der Waals surface area contributed by atoms with E-state index in [0.29, 0.717) is 6.54 Å². The molecule has 0 saturated heterocycles. The molecule has 0 atom stereocenters. The quantitative estimate of drug-likeness (QED) is 0.742. The summed E-state index contributed by atoms with van der Waals surface area (Å²) in [6.07, 6.45) is 2.27. The summed E-state index contributed by atoms with van der Waals surface area (Å²) in [5, 5.41) is 3.47. The maximum absolute atomic E-state index is 13.7. The van der Waals surface area contributed by atoms with Crippen LogP contribution >= 0.6 is 0 Å². The number of hydrogen-bond donors (Lipinski definition) is 1. The van der Waals surface area contributed by atoms with Crippen molar-refractivity contribution in [3.8, 4) is 0 Å². The van der Waals surface area contributed by atoms with E-state index in [2.05, 4.69) is 38.0 Å². The van der Waals surface area contributed by atoms with Gasteiger partial charge in [0.25, 0.3) is 0 Å². The lowest BCUT2D eigenvalue weighted by Crippen LogP contribution is -2.42. The van der Waals surface area contributed by atoms with Crippen molar-refractivity contribution in [3.05, 3.63) is 35.6 Å². The molecule has 0 spiro atoms. The molecule has 0 aromatic heterocycles. The normalized spacial score (nSPS) is 12.1. The first-order valence-electron chi connectivity index (χ1n) is 7.69. The minimum Gasteiger partial charge on any atom is -0.316 e. The van der Waals surface area contributed by atoms with Crippen LogP contribution in [0.25, 0.3) is 0 Å². The summed E-state index contributed by atoms with van der Waals surface area (Å²) in [6, 6.07) is 7.05. The van der Waals surface area contributed by atoms with Gasteiger partial charge in [-0.05, 0) is 37.9 Å². The Morgan fingerprint density at radius 3 is 2.35 bits per heavy atom. The average molecular weight is 280 g/mol. The molecular formula is C17H29FN2. The number of nitrogens with zero attached hydrogens (tertiary/aromatic N) is 1. The van der Waals surface area contributed by atoms with Crippen molar-refractivity contribution in [1.82, 2.24) is 10.2 Å². The summed E-state index contributed by atoms with van der Waals surface area (Å²) in [4.78, 5) is 2.24. The number of rotatable bonds is 9. The minimum absolute atomic E-state index is 0.107. The van der Waals surface area contributed by atoms with Gasteiger partial charge in [-0.1, -0.05) is 39.0 Å². The second kappa shape index (κ2) is 8.38. The Morgan fingerprint density at radius 1 is 1.15 bits per heavy atom. The van der Waals surface area contributed by atoms with E-state index in [4.69, 9.17) is 0 Å². The molecule has 0 unspecified atom stereocenters. The molecule has 3 heteroatoms. The molecule has 0 heterocycles. The number of nitrogens with one attached hydrogen (secondary N) is 1. The van der Waals surface area contributed by atoms with Gasteiger partial charge in [-0.3, -0.25) is 0 Å². The van der Waals surface area contributed by atoms with Crippen LogP contribution in [0.5, 0.6) is 0 Å². The highest BCUT2D eigenvalue weighted by Gasteiger charge is 2.27. The van der Waals surface area contributed by atoms with Gasteiger partial charge in [0.05, 0.1) is 0 Å². The first-order chi connectivity index (χ1) is 9.56. The molecule has 2 nitrogen and oxygen atoms in total. The summed E-state index contributed by atoms with van der Waals surface area (Å²) in [6.45, 7) is 10.3. The molecule has 20 heavy (non-hydrogen) atoms. The Labute approximate surface area is 123 Å². The molecule has 0 radical (unpaired) electrons. The Hall–Kier alpha value is -0.930. The number of benzene rings is 1. The third-order valence-electron chi connectivity index (χ3n) is 4.25. The molecule has 0 aliphatic rings. The molecular weight excluding hydrogens is 251 g/mol.